The first-order valence-electron chi connectivity index (χ1n) is 6.05. The molecule has 0 saturated heterocycles. The number of nitrogens with one attached hydrogen (secondary N) is 1. The second-order valence-corrected chi connectivity index (χ2v) is 4.94. The molecule has 1 heterocycles. The first-order valence-corrected chi connectivity index (χ1v) is 6.50. The number of hydrogen-bond acceptors (Lipinski definition) is 3. The highest BCUT2D eigenvalue weighted by molar-refractivity contribution is 7.80. The number of rotatable bonds is 2. The van der Waals surface area contributed by atoms with E-state index in [4.69, 9.17) is 4.74 Å². The van der Waals surface area contributed by atoms with Crippen molar-refractivity contribution in [2.75, 3.05) is 6.61 Å². The van der Waals surface area contributed by atoms with Crippen LogP contribution in [0.5, 0.6) is 5.75 Å². The zero-order valence-electron chi connectivity index (χ0n) is 10.2. The molecule has 1 aliphatic rings. The molecule has 0 saturated carbocycles. The van der Waals surface area contributed by atoms with Crippen LogP contribution in [0.3, 0.4) is 0 Å². The van der Waals surface area contributed by atoms with E-state index in [2.05, 4.69) is 17.9 Å². The Morgan fingerprint density at radius 2 is 1.89 bits per heavy atom. The van der Waals surface area contributed by atoms with E-state index in [1.54, 1.807) is 24.3 Å². The van der Waals surface area contributed by atoms with Crippen LogP contribution < -0.4 is 10.1 Å². The molecule has 0 aliphatic carbocycles. The molecule has 2 aromatic rings. The van der Waals surface area contributed by atoms with Gasteiger partial charge in [0.2, 0.25) is 0 Å². The topological polar surface area (TPSA) is 38.3 Å². The Morgan fingerprint density at radius 3 is 2.68 bits per heavy atom. The van der Waals surface area contributed by atoms with Crippen LogP contribution in [-0.2, 0) is 0 Å². The van der Waals surface area contributed by atoms with Gasteiger partial charge in [0.15, 0.2) is 0 Å². The molecule has 0 radical (unpaired) electrons. The normalized spacial score (nSPS) is 16.6. The van der Waals surface area contributed by atoms with E-state index < -0.39 is 0 Å². The first kappa shape index (κ1) is 12.1. The maximum absolute atomic E-state index is 12.1. The molecule has 0 aromatic heterocycles. The third-order valence-electron chi connectivity index (χ3n) is 3.13. The van der Waals surface area contributed by atoms with Gasteiger partial charge in [-0.15, -0.1) is 12.6 Å². The maximum Gasteiger partial charge on any atom is 0.251 e. The molecule has 3 rings (SSSR count). The molecular weight excluding hydrogens is 258 g/mol. The molecule has 4 heteroatoms. The molecule has 1 N–H and O–H groups in total. The summed E-state index contributed by atoms with van der Waals surface area (Å²) in [5.41, 5.74) is 1.66. The summed E-state index contributed by atoms with van der Waals surface area (Å²) in [5, 5.41) is 2.98. The van der Waals surface area contributed by atoms with E-state index in [1.165, 1.54) is 0 Å². The van der Waals surface area contributed by atoms with Gasteiger partial charge in [-0.2, -0.15) is 0 Å². The van der Waals surface area contributed by atoms with Gasteiger partial charge in [0.1, 0.15) is 12.4 Å². The van der Waals surface area contributed by atoms with Crippen molar-refractivity contribution in [3.05, 3.63) is 59.7 Å². The van der Waals surface area contributed by atoms with E-state index >= 15 is 0 Å². The third-order valence-corrected chi connectivity index (χ3v) is 3.43. The van der Waals surface area contributed by atoms with Crippen molar-refractivity contribution in [1.82, 2.24) is 5.32 Å². The van der Waals surface area contributed by atoms with Gasteiger partial charge in [-0.25, -0.2) is 0 Å². The SMILES string of the molecule is O=C(NC1COc2ccccc21)c1ccc(S)cc1. The highest BCUT2D eigenvalue weighted by Crippen LogP contribution is 2.31. The Balaban J connectivity index is 1.76. The van der Waals surface area contributed by atoms with Gasteiger partial charge in [0.05, 0.1) is 6.04 Å². The van der Waals surface area contributed by atoms with Crippen molar-refractivity contribution in [1.29, 1.82) is 0 Å². The fourth-order valence-electron chi connectivity index (χ4n) is 2.14. The number of hydrogen-bond donors (Lipinski definition) is 2. The predicted molar refractivity (Wildman–Crippen MR) is 75.8 cm³/mol. The van der Waals surface area contributed by atoms with Crippen LogP contribution in [0.15, 0.2) is 53.4 Å². The molecule has 2 aromatic carbocycles. The Labute approximate surface area is 117 Å². The van der Waals surface area contributed by atoms with Crippen LogP contribution in [-0.4, -0.2) is 12.5 Å². The number of para-hydroxylation sites is 1. The zero-order valence-corrected chi connectivity index (χ0v) is 11.1. The Kier molecular flexibility index (Phi) is 3.17. The molecule has 1 amide bonds. The molecule has 0 fully saturated rings. The quantitative estimate of drug-likeness (QED) is 0.824. The van der Waals surface area contributed by atoms with Gasteiger partial charge in [-0.1, -0.05) is 18.2 Å². The molecule has 96 valence electrons. The van der Waals surface area contributed by atoms with Gasteiger partial charge in [0, 0.05) is 16.0 Å². The minimum atomic E-state index is -0.0985. The lowest BCUT2D eigenvalue weighted by atomic mass is 10.1. The van der Waals surface area contributed by atoms with Gasteiger partial charge in [0.25, 0.3) is 5.91 Å². The zero-order chi connectivity index (χ0) is 13.2. The summed E-state index contributed by atoms with van der Waals surface area (Å²) in [4.78, 5) is 13.0. The average Bonchev–Trinajstić information content (AvgIpc) is 2.83. The summed E-state index contributed by atoms with van der Waals surface area (Å²) in [7, 11) is 0. The summed E-state index contributed by atoms with van der Waals surface area (Å²) in [6.45, 7) is 0.482. The summed E-state index contributed by atoms with van der Waals surface area (Å²) in [5.74, 6) is 0.747. The second-order valence-electron chi connectivity index (χ2n) is 4.42. The van der Waals surface area contributed by atoms with Crippen LogP contribution >= 0.6 is 12.6 Å². The summed E-state index contributed by atoms with van der Waals surface area (Å²) in [6, 6.07) is 14.8. The predicted octanol–water partition coefficient (Wildman–Crippen LogP) is 2.84. The van der Waals surface area contributed by atoms with Crippen LogP contribution in [0.2, 0.25) is 0 Å². The largest absolute Gasteiger partial charge is 0.491 e. The smallest absolute Gasteiger partial charge is 0.251 e. The van der Waals surface area contributed by atoms with E-state index in [9.17, 15) is 4.79 Å². The lowest BCUT2D eigenvalue weighted by Gasteiger charge is -2.11. The van der Waals surface area contributed by atoms with Gasteiger partial charge < -0.3 is 10.1 Å². The number of carbonyl (C=O) groups is 1. The van der Waals surface area contributed by atoms with E-state index in [1.807, 2.05) is 24.3 Å². The number of benzene rings is 2. The third kappa shape index (κ3) is 2.44. The molecule has 1 unspecified atom stereocenters. The highest BCUT2D eigenvalue weighted by atomic mass is 32.1. The van der Waals surface area contributed by atoms with Crippen LogP contribution in [0, 0.1) is 0 Å². The summed E-state index contributed by atoms with van der Waals surface area (Å²) >= 11 is 4.20. The van der Waals surface area contributed by atoms with Crippen molar-refractivity contribution >= 4 is 18.5 Å². The van der Waals surface area contributed by atoms with E-state index in [0.29, 0.717) is 12.2 Å². The second kappa shape index (κ2) is 4.97. The number of ether oxygens (including phenoxy) is 1. The molecule has 1 aliphatic heterocycles. The molecule has 3 nitrogen and oxygen atoms in total. The number of fused-ring (bicyclic) bond motifs is 1. The minimum absolute atomic E-state index is 0.0839. The Morgan fingerprint density at radius 1 is 1.16 bits per heavy atom. The van der Waals surface area contributed by atoms with Crippen LogP contribution in [0.1, 0.15) is 22.0 Å². The molecule has 0 spiro atoms. The van der Waals surface area contributed by atoms with Crippen molar-refractivity contribution in [3.8, 4) is 5.75 Å². The standard InChI is InChI=1S/C15H13NO2S/c17-15(10-5-7-11(19)8-6-10)16-13-9-18-14-4-2-1-3-12(13)14/h1-8,13,19H,9H2,(H,16,17). The van der Waals surface area contributed by atoms with Crippen LogP contribution in [0.25, 0.3) is 0 Å². The number of amides is 1. The monoisotopic (exact) mass is 271 g/mol. The molecule has 1 atom stereocenters. The summed E-state index contributed by atoms with van der Waals surface area (Å²) < 4.78 is 5.54. The van der Waals surface area contributed by atoms with Gasteiger partial charge >= 0.3 is 0 Å². The highest BCUT2D eigenvalue weighted by Gasteiger charge is 2.25. The van der Waals surface area contributed by atoms with Crippen molar-refractivity contribution in [3.63, 3.8) is 0 Å². The molecular formula is C15H13NO2S. The Hall–Kier alpha value is -1.94. The molecule has 19 heavy (non-hydrogen) atoms. The van der Waals surface area contributed by atoms with Crippen LogP contribution in [0.4, 0.5) is 0 Å². The van der Waals surface area contributed by atoms with Gasteiger partial charge in [-0.05, 0) is 30.3 Å². The number of carbonyl (C=O) groups excluding carboxylic acids is 1. The maximum atomic E-state index is 12.1. The summed E-state index contributed by atoms with van der Waals surface area (Å²) in [6.07, 6.45) is 0. The van der Waals surface area contributed by atoms with Crippen molar-refractivity contribution in [2.45, 2.75) is 10.9 Å². The number of thiol groups is 1. The van der Waals surface area contributed by atoms with E-state index in [-0.39, 0.29) is 11.9 Å². The fourth-order valence-corrected chi connectivity index (χ4v) is 2.29. The van der Waals surface area contributed by atoms with Crippen molar-refractivity contribution < 1.29 is 9.53 Å². The minimum Gasteiger partial charge on any atom is -0.491 e. The fraction of sp³-hybridized carbons (Fsp3) is 0.133. The average molecular weight is 271 g/mol. The lowest BCUT2D eigenvalue weighted by molar-refractivity contribution is 0.0930. The van der Waals surface area contributed by atoms with Gasteiger partial charge in [-0.3, -0.25) is 4.79 Å². The van der Waals surface area contributed by atoms with Crippen molar-refractivity contribution in [2.24, 2.45) is 0 Å². The van der Waals surface area contributed by atoms with E-state index in [0.717, 1.165) is 16.2 Å². The first-order chi connectivity index (χ1) is 9.24. The lowest BCUT2D eigenvalue weighted by Crippen LogP contribution is -2.29. The molecule has 0 bridgehead atoms. The Bertz CT molecular complexity index is 610.